The van der Waals surface area contributed by atoms with E-state index in [2.05, 4.69) is 38.1 Å². The Morgan fingerprint density at radius 2 is 1.17 bits per heavy atom. The van der Waals surface area contributed by atoms with Gasteiger partial charge in [0.05, 0.1) is 0 Å². The molecule has 0 radical (unpaired) electrons. The molecule has 0 unspecified atom stereocenters. The third kappa shape index (κ3) is 3.59. The lowest BCUT2D eigenvalue weighted by Crippen LogP contribution is -1.89. The average molecular weight is 365 g/mol. The van der Waals surface area contributed by atoms with Crippen LogP contribution in [0.2, 0.25) is 0 Å². The molecule has 0 saturated carbocycles. The summed E-state index contributed by atoms with van der Waals surface area (Å²) in [6.45, 7) is 4.61. The van der Waals surface area contributed by atoms with Gasteiger partial charge in [0.1, 0.15) is 0 Å². The predicted octanol–water partition coefficient (Wildman–Crippen LogP) is 4.89. The molecular weight excluding hydrogens is 344 g/mol. The van der Waals surface area contributed by atoms with Crippen LogP contribution < -0.4 is 0 Å². The summed E-state index contributed by atoms with van der Waals surface area (Å²) >= 11 is 5.40. The summed E-state index contributed by atoms with van der Waals surface area (Å²) in [7, 11) is 0. The number of aliphatic hydroxyl groups is 2. The van der Waals surface area contributed by atoms with Crippen molar-refractivity contribution in [3.05, 3.63) is 45.1 Å². The quantitative estimate of drug-likeness (QED) is 0.654. The van der Waals surface area contributed by atoms with Gasteiger partial charge in [-0.05, 0) is 62.1 Å². The van der Waals surface area contributed by atoms with E-state index in [4.69, 9.17) is 0 Å². The third-order valence-corrected chi connectivity index (χ3v) is 7.31. The number of hydrogen-bond donors (Lipinski definition) is 2. The Bertz CT molecular complexity index is 730. The fourth-order valence-electron chi connectivity index (χ4n) is 2.75. The minimum absolute atomic E-state index is 0.187. The Labute approximate surface area is 148 Å². The molecule has 0 aliphatic heterocycles. The molecule has 3 aromatic heterocycles. The van der Waals surface area contributed by atoms with Crippen LogP contribution in [0.5, 0.6) is 0 Å². The van der Waals surface area contributed by atoms with Crippen LogP contribution in [0, 0.1) is 13.8 Å². The molecule has 0 aliphatic rings. The highest BCUT2D eigenvalue weighted by molar-refractivity contribution is 7.26. The SMILES string of the molecule is Cc1cc(CCO)c(-c2ccc(-c3sc(C)cc3CCO)s2)s1. The molecule has 0 spiro atoms. The van der Waals surface area contributed by atoms with Crippen molar-refractivity contribution >= 4 is 34.0 Å². The van der Waals surface area contributed by atoms with E-state index in [0.29, 0.717) is 12.8 Å². The number of aliphatic hydroxyl groups excluding tert-OH is 2. The van der Waals surface area contributed by atoms with E-state index in [1.54, 1.807) is 34.0 Å². The Morgan fingerprint density at radius 3 is 1.57 bits per heavy atom. The summed E-state index contributed by atoms with van der Waals surface area (Å²) in [6, 6.07) is 8.73. The lowest BCUT2D eigenvalue weighted by atomic mass is 10.1. The second-order valence-electron chi connectivity index (χ2n) is 5.53. The Kier molecular flexibility index (Phi) is 5.34. The van der Waals surface area contributed by atoms with Gasteiger partial charge < -0.3 is 10.2 Å². The molecule has 23 heavy (non-hydrogen) atoms. The molecule has 0 atom stereocenters. The van der Waals surface area contributed by atoms with Gasteiger partial charge in [-0.15, -0.1) is 34.0 Å². The van der Waals surface area contributed by atoms with Crippen molar-refractivity contribution in [2.24, 2.45) is 0 Å². The van der Waals surface area contributed by atoms with Crippen LogP contribution in [-0.4, -0.2) is 23.4 Å². The average Bonchev–Trinajstić information content (AvgIpc) is 3.19. The Balaban J connectivity index is 1.98. The van der Waals surface area contributed by atoms with Crippen molar-refractivity contribution in [2.45, 2.75) is 26.7 Å². The van der Waals surface area contributed by atoms with Crippen LogP contribution >= 0.6 is 34.0 Å². The van der Waals surface area contributed by atoms with Crippen molar-refractivity contribution in [2.75, 3.05) is 13.2 Å². The van der Waals surface area contributed by atoms with E-state index in [1.807, 2.05) is 0 Å². The fourth-order valence-corrected chi connectivity index (χ4v) is 6.17. The van der Waals surface area contributed by atoms with E-state index in [1.165, 1.54) is 40.4 Å². The Morgan fingerprint density at radius 1 is 0.739 bits per heavy atom. The largest absolute Gasteiger partial charge is 0.396 e. The van der Waals surface area contributed by atoms with Gasteiger partial charge in [-0.3, -0.25) is 0 Å². The highest BCUT2D eigenvalue weighted by atomic mass is 32.1. The molecule has 3 heterocycles. The maximum Gasteiger partial charge on any atom is 0.0478 e. The van der Waals surface area contributed by atoms with Crippen LogP contribution in [0.15, 0.2) is 24.3 Å². The minimum Gasteiger partial charge on any atom is -0.396 e. The second-order valence-corrected chi connectivity index (χ2v) is 9.13. The van der Waals surface area contributed by atoms with Crippen molar-refractivity contribution in [3.63, 3.8) is 0 Å². The van der Waals surface area contributed by atoms with Crippen LogP contribution in [0.4, 0.5) is 0 Å². The minimum atomic E-state index is 0.187. The zero-order valence-electron chi connectivity index (χ0n) is 13.3. The summed E-state index contributed by atoms with van der Waals surface area (Å²) in [4.78, 5) is 7.66. The van der Waals surface area contributed by atoms with Gasteiger partial charge in [0.25, 0.3) is 0 Å². The van der Waals surface area contributed by atoms with Gasteiger partial charge in [0.15, 0.2) is 0 Å². The Hall–Kier alpha value is -0.980. The molecule has 0 aliphatic carbocycles. The normalized spacial score (nSPS) is 11.3. The van der Waals surface area contributed by atoms with Gasteiger partial charge >= 0.3 is 0 Å². The first kappa shape index (κ1) is 16.9. The molecule has 0 aromatic carbocycles. The van der Waals surface area contributed by atoms with Crippen LogP contribution in [0.3, 0.4) is 0 Å². The van der Waals surface area contributed by atoms with Crippen LogP contribution in [-0.2, 0) is 12.8 Å². The molecule has 2 nitrogen and oxygen atoms in total. The fraction of sp³-hybridized carbons (Fsp3) is 0.333. The van der Waals surface area contributed by atoms with Crippen molar-refractivity contribution < 1.29 is 10.2 Å². The molecule has 0 fully saturated rings. The van der Waals surface area contributed by atoms with Crippen molar-refractivity contribution in [1.29, 1.82) is 0 Å². The lowest BCUT2D eigenvalue weighted by molar-refractivity contribution is 0.299. The lowest BCUT2D eigenvalue weighted by Gasteiger charge is -2.00. The topological polar surface area (TPSA) is 40.5 Å². The highest BCUT2D eigenvalue weighted by Crippen LogP contribution is 2.43. The molecular formula is C18H20O2S3. The summed E-state index contributed by atoms with van der Waals surface area (Å²) in [5, 5.41) is 18.5. The third-order valence-electron chi connectivity index (χ3n) is 3.68. The van der Waals surface area contributed by atoms with Crippen LogP contribution in [0.25, 0.3) is 19.5 Å². The smallest absolute Gasteiger partial charge is 0.0478 e. The summed E-state index contributed by atoms with van der Waals surface area (Å²) in [5.41, 5.74) is 2.47. The zero-order valence-corrected chi connectivity index (χ0v) is 15.7. The van der Waals surface area contributed by atoms with E-state index < -0.39 is 0 Å². The molecule has 0 saturated heterocycles. The number of aryl methyl sites for hydroxylation is 2. The number of thiophene rings is 3. The summed E-state index contributed by atoms with van der Waals surface area (Å²) in [5.74, 6) is 0. The second kappa shape index (κ2) is 7.28. The maximum atomic E-state index is 9.27. The molecule has 2 N–H and O–H groups in total. The molecule has 3 rings (SSSR count). The van der Waals surface area contributed by atoms with Gasteiger partial charge in [-0.25, -0.2) is 0 Å². The first-order chi connectivity index (χ1) is 11.1. The maximum absolute atomic E-state index is 9.27. The standard InChI is InChI=1S/C18H20O2S3/c1-11-9-13(5-7-19)17(21-11)15-3-4-16(23-15)18-14(6-8-20)10-12(2)22-18/h3-4,9-10,19-20H,5-8H2,1-2H3. The zero-order chi connectivity index (χ0) is 16.4. The first-order valence-corrected chi connectivity index (χ1v) is 10.1. The van der Waals surface area contributed by atoms with Gasteiger partial charge in [-0.2, -0.15) is 0 Å². The van der Waals surface area contributed by atoms with Gasteiger partial charge in [-0.1, -0.05) is 0 Å². The van der Waals surface area contributed by atoms with Gasteiger partial charge in [0, 0.05) is 42.5 Å². The summed E-state index contributed by atoms with van der Waals surface area (Å²) in [6.07, 6.45) is 1.42. The number of hydrogen-bond acceptors (Lipinski definition) is 5. The van der Waals surface area contributed by atoms with E-state index in [0.717, 1.165) is 0 Å². The molecule has 0 bridgehead atoms. The predicted molar refractivity (Wildman–Crippen MR) is 102 cm³/mol. The highest BCUT2D eigenvalue weighted by Gasteiger charge is 2.15. The van der Waals surface area contributed by atoms with Crippen molar-refractivity contribution in [3.8, 4) is 19.5 Å². The molecule has 5 heteroatoms. The molecule has 3 aromatic rings. The first-order valence-electron chi connectivity index (χ1n) is 7.63. The van der Waals surface area contributed by atoms with Crippen LogP contribution in [0.1, 0.15) is 20.9 Å². The van der Waals surface area contributed by atoms with Crippen molar-refractivity contribution in [1.82, 2.24) is 0 Å². The molecule has 0 amide bonds. The van der Waals surface area contributed by atoms with E-state index in [-0.39, 0.29) is 13.2 Å². The van der Waals surface area contributed by atoms with E-state index >= 15 is 0 Å². The molecule has 122 valence electrons. The van der Waals surface area contributed by atoms with E-state index in [9.17, 15) is 10.2 Å². The summed E-state index contributed by atoms with van der Waals surface area (Å²) < 4.78 is 0. The van der Waals surface area contributed by atoms with Gasteiger partial charge in [0.2, 0.25) is 0 Å². The number of rotatable bonds is 6. The monoisotopic (exact) mass is 364 g/mol.